The van der Waals surface area contributed by atoms with Crippen LogP contribution in [0.3, 0.4) is 0 Å². The summed E-state index contributed by atoms with van der Waals surface area (Å²) >= 11 is 0. The van der Waals surface area contributed by atoms with Crippen molar-refractivity contribution in [2.24, 2.45) is 0 Å². The summed E-state index contributed by atoms with van der Waals surface area (Å²) in [6.07, 6.45) is 0. The third-order valence-corrected chi connectivity index (χ3v) is 20.3. The molecule has 0 saturated heterocycles. The zero-order valence-electron chi connectivity index (χ0n) is 55.3. The standard InChI is InChI=1S/C94H60BN7/c96-61-62-36-50-85(81(54-62)94-98-92(70-32-18-6-19-33-70)97-93(99-94)71-34-20-7-21-35-71)102-84-51-42-72(55-80(84)79-49-41-75(58-88(79)102)67-30-16-5-17-31-67)76-59-89-91-90(60-76)101(78-47-39-69(40-48-78)64-24-10-2-11-25-64)87-53-44-74(66-28-14-4-15-29-66)57-83(87)95(91)82-56-73(65-26-12-3-13-27-65)43-52-86(82)100(89)77-45-37-68(38-46-77)63-22-8-1-9-23-63/h1-60H. The first-order chi connectivity index (χ1) is 50.5. The van der Waals surface area contributed by atoms with Crippen molar-refractivity contribution >= 4 is 79.0 Å². The predicted octanol–water partition coefficient (Wildman–Crippen LogP) is 21.9. The van der Waals surface area contributed by atoms with Gasteiger partial charge >= 0.3 is 0 Å². The lowest BCUT2D eigenvalue weighted by Crippen LogP contribution is -2.61. The molecule has 0 bridgehead atoms. The molecular formula is C94H60BN7. The summed E-state index contributed by atoms with van der Waals surface area (Å²) in [5, 5.41) is 12.9. The van der Waals surface area contributed by atoms with Gasteiger partial charge < -0.3 is 14.4 Å². The highest BCUT2D eigenvalue weighted by molar-refractivity contribution is 7.00. The van der Waals surface area contributed by atoms with Crippen molar-refractivity contribution in [3.05, 3.63) is 370 Å². The first kappa shape index (κ1) is 59.5. The molecule has 19 rings (SSSR count). The second-order valence-corrected chi connectivity index (χ2v) is 26.2. The predicted molar refractivity (Wildman–Crippen MR) is 422 cm³/mol. The number of rotatable bonds is 12. The molecule has 474 valence electrons. The van der Waals surface area contributed by atoms with Crippen LogP contribution in [0.15, 0.2) is 364 Å². The highest BCUT2D eigenvalue weighted by Gasteiger charge is 2.44. The van der Waals surface area contributed by atoms with Crippen LogP contribution in [0, 0.1) is 11.3 Å². The molecule has 2 aromatic heterocycles. The molecule has 0 N–H and O–H groups in total. The van der Waals surface area contributed by atoms with E-state index in [-0.39, 0.29) is 6.71 Å². The maximum Gasteiger partial charge on any atom is 0.252 e. The number of aromatic nitrogens is 4. The first-order valence-electron chi connectivity index (χ1n) is 34.6. The number of benzene rings is 15. The molecule has 0 atom stereocenters. The smallest absolute Gasteiger partial charge is 0.252 e. The Bertz CT molecular complexity index is 5850. The lowest BCUT2D eigenvalue weighted by atomic mass is 9.33. The molecule has 4 heterocycles. The molecule has 0 amide bonds. The SMILES string of the molecule is N#Cc1ccc(-n2c3ccc(-c4cc5c6c(c4)N(c4ccc(-c7ccccc7)cc4)c4ccc(-c7ccccc7)cc4B6c4cc(-c6ccccc6)ccc4N5c4ccc(-c5ccccc5)cc4)cc3c3ccc(-c4ccccc4)cc32)c(-c2nc(-c3ccccc3)nc(-c3ccccc3)n2)c1. The van der Waals surface area contributed by atoms with Crippen molar-refractivity contribution < 1.29 is 0 Å². The number of anilines is 6. The van der Waals surface area contributed by atoms with Crippen LogP contribution in [0.25, 0.3) is 128 Å². The molecule has 0 aliphatic carbocycles. The summed E-state index contributed by atoms with van der Waals surface area (Å²) in [7, 11) is 0. The van der Waals surface area contributed by atoms with Gasteiger partial charge in [0.05, 0.1) is 28.4 Å². The molecule has 102 heavy (non-hydrogen) atoms. The number of fused-ring (bicyclic) bond motifs is 7. The molecule has 0 spiro atoms. The minimum atomic E-state index is -0.182. The lowest BCUT2D eigenvalue weighted by Gasteiger charge is -2.44. The molecule has 0 unspecified atom stereocenters. The van der Waals surface area contributed by atoms with Gasteiger partial charge in [0.25, 0.3) is 6.71 Å². The maximum atomic E-state index is 10.7. The average molecular weight is 1300 g/mol. The Hall–Kier alpha value is -13.7. The first-order valence-corrected chi connectivity index (χ1v) is 34.6. The van der Waals surface area contributed by atoms with Gasteiger partial charge in [-0.3, -0.25) is 0 Å². The van der Waals surface area contributed by atoms with E-state index in [4.69, 9.17) is 15.0 Å². The van der Waals surface area contributed by atoms with Gasteiger partial charge in [0, 0.05) is 61.6 Å². The van der Waals surface area contributed by atoms with Gasteiger partial charge in [-0.05, 0) is 168 Å². The van der Waals surface area contributed by atoms with Gasteiger partial charge in [-0.1, -0.05) is 279 Å². The number of nitriles is 1. The van der Waals surface area contributed by atoms with Crippen LogP contribution < -0.4 is 26.2 Å². The van der Waals surface area contributed by atoms with E-state index in [1.165, 1.54) is 27.5 Å². The molecule has 7 nitrogen and oxygen atoms in total. The van der Waals surface area contributed by atoms with Crippen LogP contribution in [0.2, 0.25) is 0 Å². The Labute approximate surface area is 592 Å². The Morgan fingerprint density at radius 2 is 0.618 bits per heavy atom. The Kier molecular flexibility index (Phi) is 14.6. The summed E-state index contributed by atoms with van der Waals surface area (Å²) in [5.74, 6) is 1.52. The molecule has 2 aliphatic heterocycles. The van der Waals surface area contributed by atoms with E-state index in [2.05, 4.69) is 312 Å². The Morgan fingerprint density at radius 1 is 0.255 bits per heavy atom. The average Bonchev–Trinajstić information content (AvgIpc) is 0.811. The van der Waals surface area contributed by atoms with Gasteiger partial charge in [0.2, 0.25) is 0 Å². The van der Waals surface area contributed by atoms with Crippen LogP contribution in [0.5, 0.6) is 0 Å². The van der Waals surface area contributed by atoms with Crippen LogP contribution in [0.1, 0.15) is 5.56 Å². The van der Waals surface area contributed by atoms with Crippen molar-refractivity contribution in [2.45, 2.75) is 0 Å². The molecule has 2 aliphatic rings. The van der Waals surface area contributed by atoms with Crippen molar-refractivity contribution in [3.63, 3.8) is 0 Å². The third-order valence-electron chi connectivity index (χ3n) is 20.3. The van der Waals surface area contributed by atoms with Gasteiger partial charge in [-0.15, -0.1) is 0 Å². The highest BCUT2D eigenvalue weighted by atomic mass is 15.2. The molecule has 0 radical (unpaired) electrons. The summed E-state index contributed by atoms with van der Waals surface area (Å²) in [6, 6.07) is 133. The molecule has 0 fully saturated rings. The van der Waals surface area contributed by atoms with E-state index < -0.39 is 0 Å². The quantitative estimate of drug-likeness (QED) is 0.114. The van der Waals surface area contributed by atoms with Crippen LogP contribution >= 0.6 is 0 Å². The zero-order chi connectivity index (χ0) is 67.6. The second-order valence-electron chi connectivity index (χ2n) is 26.2. The van der Waals surface area contributed by atoms with Crippen molar-refractivity contribution in [1.82, 2.24) is 19.5 Å². The fourth-order valence-corrected chi connectivity index (χ4v) is 15.4. The van der Waals surface area contributed by atoms with Crippen LogP contribution in [-0.4, -0.2) is 26.2 Å². The summed E-state index contributed by atoms with van der Waals surface area (Å²) < 4.78 is 2.34. The minimum absolute atomic E-state index is 0.182. The number of hydrogen-bond acceptors (Lipinski definition) is 6. The molecule has 17 aromatic rings. The van der Waals surface area contributed by atoms with E-state index in [1.54, 1.807) is 0 Å². The lowest BCUT2D eigenvalue weighted by molar-refractivity contribution is 1.06. The minimum Gasteiger partial charge on any atom is -0.311 e. The van der Waals surface area contributed by atoms with Crippen LogP contribution in [0.4, 0.5) is 34.1 Å². The molecule has 8 heteroatoms. The van der Waals surface area contributed by atoms with Crippen molar-refractivity contribution in [1.29, 1.82) is 5.26 Å². The Morgan fingerprint density at radius 3 is 1.07 bits per heavy atom. The van der Waals surface area contributed by atoms with Gasteiger partial charge in [-0.25, -0.2) is 15.0 Å². The topological polar surface area (TPSA) is 73.9 Å². The third kappa shape index (κ3) is 10.4. The highest BCUT2D eigenvalue weighted by Crippen LogP contribution is 2.49. The van der Waals surface area contributed by atoms with Crippen molar-refractivity contribution in [3.8, 4) is 113 Å². The molecule has 15 aromatic carbocycles. The monoisotopic (exact) mass is 1300 g/mol. The summed E-state index contributed by atoms with van der Waals surface area (Å²) in [6.45, 7) is -0.182. The zero-order valence-corrected chi connectivity index (χ0v) is 55.3. The molecular weight excluding hydrogens is 1240 g/mol. The van der Waals surface area contributed by atoms with E-state index in [1.807, 2.05) is 72.8 Å². The number of nitrogens with zero attached hydrogens (tertiary/aromatic N) is 7. The maximum absolute atomic E-state index is 10.7. The normalized spacial score (nSPS) is 12.0. The number of hydrogen-bond donors (Lipinski definition) is 0. The van der Waals surface area contributed by atoms with Crippen molar-refractivity contribution in [2.75, 3.05) is 9.80 Å². The van der Waals surface area contributed by atoms with Gasteiger partial charge in [0.15, 0.2) is 17.5 Å². The largest absolute Gasteiger partial charge is 0.311 e. The van der Waals surface area contributed by atoms with Gasteiger partial charge in [0.1, 0.15) is 0 Å². The summed E-state index contributed by atoms with van der Waals surface area (Å²) in [4.78, 5) is 20.7. The van der Waals surface area contributed by atoms with Gasteiger partial charge in [-0.2, -0.15) is 5.26 Å². The fourth-order valence-electron chi connectivity index (χ4n) is 15.4. The van der Waals surface area contributed by atoms with E-state index >= 15 is 0 Å². The van der Waals surface area contributed by atoms with E-state index in [9.17, 15) is 5.26 Å². The molecule has 0 saturated carbocycles. The Balaban J connectivity index is 0.872. The summed E-state index contributed by atoms with van der Waals surface area (Å²) in [5.41, 5.74) is 29.5. The fraction of sp³-hybridized carbons (Fsp3) is 0. The van der Waals surface area contributed by atoms with E-state index in [0.717, 1.165) is 128 Å². The van der Waals surface area contributed by atoms with E-state index in [0.29, 0.717) is 28.6 Å². The van der Waals surface area contributed by atoms with Crippen LogP contribution in [-0.2, 0) is 0 Å². The second kappa shape index (κ2) is 25.0.